The van der Waals surface area contributed by atoms with Crippen molar-refractivity contribution in [2.24, 2.45) is 5.92 Å². The lowest BCUT2D eigenvalue weighted by atomic mass is 10.0. The smallest absolute Gasteiger partial charge is 0.0553 e. The number of hydrogen-bond acceptors (Lipinski definition) is 2. The minimum absolute atomic E-state index is 0.455. The number of hydrogen-bond donors (Lipinski definition) is 1. The van der Waals surface area contributed by atoms with Gasteiger partial charge < -0.3 is 5.32 Å². The van der Waals surface area contributed by atoms with Gasteiger partial charge in [0.25, 0.3) is 0 Å². The summed E-state index contributed by atoms with van der Waals surface area (Å²) in [5.41, 5.74) is 1.34. The zero-order valence-electron chi connectivity index (χ0n) is 11.7. The van der Waals surface area contributed by atoms with Crippen molar-refractivity contribution < 1.29 is 0 Å². The van der Waals surface area contributed by atoms with Crippen LogP contribution in [0.5, 0.6) is 0 Å². The van der Waals surface area contributed by atoms with E-state index in [0.29, 0.717) is 6.04 Å². The third-order valence-electron chi connectivity index (χ3n) is 3.03. The molecule has 98 valence electrons. The van der Waals surface area contributed by atoms with Gasteiger partial charge in [-0.25, -0.2) is 0 Å². The van der Waals surface area contributed by atoms with E-state index in [9.17, 15) is 0 Å². The molecule has 1 atom stereocenters. The zero-order valence-corrected chi connectivity index (χ0v) is 11.7. The van der Waals surface area contributed by atoms with Crippen LogP contribution in [0.4, 0.5) is 0 Å². The van der Waals surface area contributed by atoms with Crippen molar-refractivity contribution in [1.29, 1.82) is 0 Å². The van der Waals surface area contributed by atoms with Crippen molar-refractivity contribution in [3.05, 3.63) is 18.0 Å². The third kappa shape index (κ3) is 4.50. The standard InChI is InChI=1S/C14H27N3/c1-5-11-17-14(9-10-16-17)13(15-6-2)8-7-12(3)4/h9-10,12-13,15H,5-8,11H2,1-4H3. The second-order valence-electron chi connectivity index (χ2n) is 5.06. The lowest BCUT2D eigenvalue weighted by Crippen LogP contribution is -2.24. The molecule has 1 unspecified atom stereocenters. The van der Waals surface area contributed by atoms with E-state index in [2.05, 4.69) is 48.9 Å². The Hall–Kier alpha value is -0.830. The van der Waals surface area contributed by atoms with Crippen LogP contribution in [0.2, 0.25) is 0 Å². The number of nitrogens with one attached hydrogen (secondary N) is 1. The van der Waals surface area contributed by atoms with Crippen LogP contribution in [-0.2, 0) is 6.54 Å². The van der Waals surface area contributed by atoms with Crippen molar-refractivity contribution in [3.8, 4) is 0 Å². The van der Waals surface area contributed by atoms with Gasteiger partial charge in [-0.15, -0.1) is 0 Å². The van der Waals surface area contributed by atoms with Gasteiger partial charge in [0.15, 0.2) is 0 Å². The fourth-order valence-corrected chi connectivity index (χ4v) is 2.14. The summed E-state index contributed by atoms with van der Waals surface area (Å²) in [5.74, 6) is 0.763. The van der Waals surface area contributed by atoms with Crippen LogP contribution in [0.15, 0.2) is 12.3 Å². The maximum Gasteiger partial charge on any atom is 0.0553 e. The summed E-state index contributed by atoms with van der Waals surface area (Å²) in [6.07, 6.45) is 5.51. The van der Waals surface area contributed by atoms with Gasteiger partial charge in [0, 0.05) is 18.8 Å². The average molecular weight is 237 g/mol. The minimum atomic E-state index is 0.455. The van der Waals surface area contributed by atoms with Gasteiger partial charge in [-0.1, -0.05) is 27.7 Å². The van der Waals surface area contributed by atoms with Crippen LogP contribution >= 0.6 is 0 Å². The molecule has 0 aliphatic rings. The highest BCUT2D eigenvalue weighted by molar-refractivity contribution is 5.07. The first kappa shape index (κ1) is 14.2. The van der Waals surface area contributed by atoms with E-state index in [1.807, 2.05) is 6.20 Å². The van der Waals surface area contributed by atoms with Crippen LogP contribution in [0.3, 0.4) is 0 Å². The van der Waals surface area contributed by atoms with Gasteiger partial charge in [0.05, 0.1) is 5.69 Å². The largest absolute Gasteiger partial charge is 0.309 e. The van der Waals surface area contributed by atoms with Crippen molar-refractivity contribution >= 4 is 0 Å². The molecule has 1 aromatic heterocycles. The quantitative estimate of drug-likeness (QED) is 0.751. The van der Waals surface area contributed by atoms with Crippen LogP contribution in [-0.4, -0.2) is 16.3 Å². The van der Waals surface area contributed by atoms with E-state index in [1.165, 1.54) is 18.5 Å². The summed E-state index contributed by atoms with van der Waals surface area (Å²) < 4.78 is 2.15. The molecule has 0 saturated carbocycles. The summed E-state index contributed by atoms with van der Waals surface area (Å²) >= 11 is 0. The molecule has 0 bridgehead atoms. The van der Waals surface area contributed by atoms with Gasteiger partial charge in [-0.2, -0.15) is 5.10 Å². The molecule has 0 radical (unpaired) electrons. The van der Waals surface area contributed by atoms with Crippen LogP contribution in [0.25, 0.3) is 0 Å². The molecular formula is C14H27N3. The summed E-state index contributed by atoms with van der Waals surface area (Å²) in [6, 6.07) is 2.61. The lowest BCUT2D eigenvalue weighted by Gasteiger charge is -2.20. The number of rotatable bonds is 8. The van der Waals surface area contributed by atoms with Gasteiger partial charge in [0.1, 0.15) is 0 Å². The van der Waals surface area contributed by atoms with E-state index >= 15 is 0 Å². The second kappa shape index (κ2) is 7.49. The fraction of sp³-hybridized carbons (Fsp3) is 0.786. The molecule has 0 spiro atoms. The molecule has 0 amide bonds. The molecule has 1 rings (SSSR count). The Kier molecular flexibility index (Phi) is 6.27. The average Bonchev–Trinajstić information content (AvgIpc) is 2.73. The van der Waals surface area contributed by atoms with E-state index < -0.39 is 0 Å². The highest BCUT2D eigenvalue weighted by Gasteiger charge is 2.15. The summed E-state index contributed by atoms with van der Waals surface area (Å²) in [5, 5.41) is 7.99. The van der Waals surface area contributed by atoms with Crippen molar-refractivity contribution in [1.82, 2.24) is 15.1 Å². The van der Waals surface area contributed by atoms with Crippen molar-refractivity contribution in [2.75, 3.05) is 6.54 Å². The summed E-state index contributed by atoms with van der Waals surface area (Å²) in [4.78, 5) is 0. The molecule has 1 heterocycles. The van der Waals surface area contributed by atoms with Gasteiger partial charge in [-0.05, 0) is 37.8 Å². The molecule has 1 aromatic rings. The maximum atomic E-state index is 4.41. The number of nitrogens with zero attached hydrogens (tertiary/aromatic N) is 2. The first-order chi connectivity index (χ1) is 8.19. The predicted molar refractivity (Wildman–Crippen MR) is 73.0 cm³/mol. The van der Waals surface area contributed by atoms with Crippen LogP contribution < -0.4 is 5.32 Å². The molecule has 0 fully saturated rings. The lowest BCUT2D eigenvalue weighted by molar-refractivity contribution is 0.417. The Morgan fingerprint density at radius 1 is 1.29 bits per heavy atom. The molecule has 0 saturated heterocycles. The SMILES string of the molecule is CCCn1nccc1C(CCC(C)C)NCC. The highest BCUT2D eigenvalue weighted by Crippen LogP contribution is 2.21. The molecule has 0 aliphatic heterocycles. The third-order valence-corrected chi connectivity index (χ3v) is 3.03. The Balaban J connectivity index is 2.70. The fourth-order valence-electron chi connectivity index (χ4n) is 2.14. The monoisotopic (exact) mass is 237 g/mol. The molecule has 0 aromatic carbocycles. The van der Waals surface area contributed by atoms with Gasteiger partial charge in [-0.3, -0.25) is 4.68 Å². The predicted octanol–water partition coefficient (Wildman–Crippen LogP) is 3.38. The topological polar surface area (TPSA) is 29.9 Å². The van der Waals surface area contributed by atoms with Crippen LogP contribution in [0, 0.1) is 5.92 Å². The van der Waals surface area contributed by atoms with E-state index in [1.54, 1.807) is 0 Å². The van der Waals surface area contributed by atoms with Crippen molar-refractivity contribution in [2.45, 2.75) is 59.5 Å². The maximum absolute atomic E-state index is 4.41. The molecule has 17 heavy (non-hydrogen) atoms. The molecular weight excluding hydrogens is 210 g/mol. The van der Waals surface area contributed by atoms with E-state index in [4.69, 9.17) is 0 Å². The summed E-state index contributed by atoms with van der Waals surface area (Å²) in [6.45, 7) is 11.0. The highest BCUT2D eigenvalue weighted by atomic mass is 15.3. The Morgan fingerprint density at radius 2 is 2.06 bits per heavy atom. The van der Waals surface area contributed by atoms with Crippen molar-refractivity contribution in [3.63, 3.8) is 0 Å². The zero-order chi connectivity index (χ0) is 12.7. The second-order valence-corrected chi connectivity index (χ2v) is 5.06. The minimum Gasteiger partial charge on any atom is -0.309 e. The molecule has 1 N–H and O–H groups in total. The Bertz CT molecular complexity index is 304. The first-order valence-corrected chi connectivity index (χ1v) is 6.94. The Morgan fingerprint density at radius 3 is 2.65 bits per heavy atom. The normalized spacial score (nSPS) is 13.2. The van der Waals surface area contributed by atoms with E-state index in [-0.39, 0.29) is 0 Å². The van der Waals surface area contributed by atoms with Gasteiger partial charge in [0.2, 0.25) is 0 Å². The first-order valence-electron chi connectivity index (χ1n) is 6.94. The van der Waals surface area contributed by atoms with E-state index in [0.717, 1.165) is 25.4 Å². The number of aryl methyl sites for hydroxylation is 1. The van der Waals surface area contributed by atoms with Gasteiger partial charge >= 0.3 is 0 Å². The molecule has 3 heteroatoms. The number of aromatic nitrogens is 2. The molecule has 3 nitrogen and oxygen atoms in total. The molecule has 0 aliphatic carbocycles. The Labute approximate surface area is 106 Å². The van der Waals surface area contributed by atoms with Crippen LogP contribution in [0.1, 0.15) is 58.7 Å². The summed E-state index contributed by atoms with van der Waals surface area (Å²) in [7, 11) is 0.